The van der Waals surface area contributed by atoms with Gasteiger partial charge in [-0.25, -0.2) is 4.79 Å². The van der Waals surface area contributed by atoms with Gasteiger partial charge in [-0.2, -0.15) is 0 Å². The second-order valence-electron chi connectivity index (χ2n) is 9.80. The second-order valence-corrected chi connectivity index (χ2v) is 9.80. The van der Waals surface area contributed by atoms with Crippen molar-refractivity contribution in [3.63, 3.8) is 0 Å². The highest BCUT2D eigenvalue weighted by atomic mass is 16.6. The van der Waals surface area contributed by atoms with E-state index in [2.05, 4.69) is 22.0 Å². The number of hydrogen-bond acceptors (Lipinski definition) is 6. The number of carbonyl (C=O) groups excluding carboxylic acids is 3. The smallest absolute Gasteiger partial charge is 0.409 e. The van der Waals surface area contributed by atoms with Crippen LogP contribution in [0.25, 0.3) is 0 Å². The van der Waals surface area contributed by atoms with Crippen LogP contribution in [0.2, 0.25) is 0 Å². The number of carbonyl (C=O) groups is 3. The van der Waals surface area contributed by atoms with Crippen molar-refractivity contribution in [2.45, 2.75) is 33.6 Å². The Bertz CT molecular complexity index is 854. The van der Waals surface area contributed by atoms with E-state index in [9.17, 15) is 14.4 Å². The predicted octanol–water partition coefficient (Wildman–Crippen LogP) is 2.13. The first-order valence-corrected chi connectivity index (χ1v) is 12.9. The minimum absolute atomic E-state index is 0.0216. The van der Waals surface area contributed by atoms with Crippen LogP contribution >= 0.6 is 0 Å². The molecule has 2 heterocycles. The van der Waals surface area contributed by atoms with E-state index in [1.807, 2.05) is 43.0 Å². The van der Waals surface area contributed by atoms with Crippen molar-refractivity contribution in [1.29, 1.82) is 0 Å². The van der Waals surface area contributed by atoms with E-state index in [0.29, 0.717) is 71.4 Å². The molecule has 3 rings (SSSR count). The third kappa shape index (κ3) is 8.50. The van der Waals surface area contributed by atoms with E-state index in [1.54, 1.807) is 4.90 Å². The molecule has 3 amide bonds. The van der Waals surface area contributed by atoms with E-state index in [4.69, 9.17) is 4.74 Å². The molecule has 35 heavy (non-hydrogen) atoms. The number of hydrogen-bond donors (Lipinski definition) is 1. The molecule has 0 bridgehead atoms. The third-order valence-electron chi connectivity index (χ3n) is 6.51. The number of nitrogens with zero attached hydrogens (tertiary/aromatic N) is 4. The van der Waals surface area contributed by atoms with Crippen LogP contribution in [0.3, 0.4) is 0 Å². The van der Waals surface area contributed by atoms with Crippen LogP contribution in [0.4, 0.5) is 10.5 Å². The molecule has 0 atom stereocenters. The van der Waals surface area contributed by atoms with Crippen LogP contribution in [0, 0.1) is 5.92 Å². The van der Waals surface area contributed by atoms with Gasteiger partial charge in [-0.1, -0.05) is 39.0 Å². The number of ether oxygens (including phenoxy) is 1. The minimum Gasteiger partial charge on any atom is -0.449 e. The largest absolute Gasteiger partial charge is 0.449 e. The third-order valence-corrected chi connectivity index (χ3v) is 6.51. The van der Waals surface area contributed by atoms with Crippen molar-refractivity contribution in [3.05, 3.63) is 29.8 Å². The summed E-state index contributed by atoms with van der Waals surface area (Å²) in [5.74, 6) is 0.404. The number of amides is 3. The van der Waals surface area contributed by atoms with Gasteiger partial charge in [0.1, 0.15) is 0 Å². The monoisotopic (exact) mass is 487 g/mol. The maximum absolute atomic E-state index is 12.9. The average Bonchev–Trinajstić information content (AvgIpc) is 3.09. The maximum atomic E-state index is 12.9. The molecule has 0 radical (unpaired) electrons. The first-order valence-electron chi connectivity index (χ1n) is 12.9. The van der Waals surface area contributed by atoms with Crippen molar-refractivity contribution < 1.29 is 19.1 Å². The molecule has 0 spiro atoms. The quantitative estimate of drug-likeness (QED) is 0.605. The zero-order chi connectivity index (χ0) is 25.2. The first-order chi connectivity index (χ1) is 16.9. The van der Waals surface area contributed by atoms with Crippen molar-refractivity contribution >= 4 is 23.6 Å². The summed E-state index contributed by atoms with van der Waals surface area (Å²) in [6.07, 6.45) is 1.44. The van der Waals surface area contributed by atoms with Crippen molar-refractivity contribution in [1.82, 2.24) is 19.6 Å². The Balaban J connectivity index is 1.37. The molecule has 2 aliphatic rings. The lowest BCUT2D eigenvalue weighted by atomic mass is 10.1. The summed E-state index contributed by atoms with van der Waals surface area (Å²) in [6.45, 7) is 12.5. The fraction of sp³-hybridized carbons (Fsp3) is 0.654. The minimum atomic E-state index is -0.259. The van der Waals surface area contributed by atoms with Crippen LogP contribution in [0.15, 0.2) is 24.3 Å². The molecule has 1 N–H and O–H groups in total. The zero-order valence-electron chi connectivity index (χ0n) is 21.5. The summed E-state index contributed by atoms with van der Waals surface area (Å²) in [5.41, 5.74) is 2.00. The van der Waals surface area contributed by atoms with Gasteiger partial charge in [0.15, 0.2) is 0 Å². The van der Waals surface area contributed by atoms with Gasteiger partial charge >= 0.3 is 6.09 Å². The van der Waals surface area contributed by atoms with Crippen LogP contribution < -0.4 is 5.32 Å². The number of para-hydroxylation sites is 1. The first kappa shape index (κ1) is 26.9. The number of rotatable bonds is 8. The van der Waals surface area contributed by atoms with Gasteiger partial charge < -0.3 is 19.9 Å². The molecule has 2 saturated heterocycles. The molecule has 2 fully saturated rings. The molecule has 9 heteroatoms. The number of aryl methyl sites for hydroxylation is 1. The Labute approximate surface area is 209 Å². The highest BCUT2D eigenvalue weighted by molar-refractivity contribution is 5.93. The molecule has 1 aromatic rings. The zero-order valence-corrected chi connectivity index (χ0v) is 21.5. The molecule has 0 aromatic heterocycles. The van der Waals surface area contributed by atoms with E-state index in [0.717, 1.165) is 30.6 Å². The summed E-state index contributed by atoms with van der Waals surface area (Å²) in [5, 5.41) is 3.02. The lowest BCUT2D eigenvalue weighted by Crippen LogP contribution is -2.52. The second kappa shape index (κ2) is 13.4. The standard InChI is InChI=1S/C26H41N5O4/c1-4-22-8-5-6-9-23(22)27-24(32)18-29-12-15-30(16-13-29)25(33)19-28-10-7-11-31(17-14-28)26(34)35-20-21(2)3/h5-6,8-9,21H,4,7,10-20H2,1-3H3,(H,27,32). The Kier molecular flexibility index (Phi) is 10.3. The topological polar surface area (TPSA) is 85.4 Å². The Hall–Kier alpha value is -2.65. The van der Waals surface area contributed by atoms with Gasteiger partial charge in [-0.15, -0.1) is 0 Å². The van der Waals surface area contributed by atoms with Crippen molar-refractivity contribution in [2.75, 3.05) is 77.4 Å². The van der Waals surface area contributed by atoms with Gasteiger partial charge in [0.2, 0.25) is 11.8 Å². The SMILES string of the molecule is CCc1ccccc1NC(=O)CN1CCN(C(=O)CN2CCCN(C(=O)OCC(C)C)CC2)CC1. The molecule has 0 saturated carbocycles. The predicted molar refractivity (Wildman–Crippen MR) is 136 cm³/mol. The van der Waals surface area contributed by atoms with Gasteiger partial charge in [0.25, 0.3) is 0 Å². The highest BCUT2D eigenvalue weighted by Gasteiger charge is 2.26. The Morgan fingerprint density at radius 2 is 1.54 bits per heavy atom. The van der Waals surface area contributed by atoms with Crippen molar-refractivity contribution in [3.8, 4) is 0 Å². The number of benzene rings is 1. The van der Waals surface area contributed by atoms with Crippen LogP contribution in [-0.2, 0) is 20.7 Å². The van der Waals surface area contributed by atoms with E-state index in [1.165, 1.54) is 0 Å². The van der Waals surface area contributed by atoms with E-state index < -0.39 is 0 Å². The van der Waals surface area contributed by atoms with Gasteiger partial charge in [-0.3, -0.25) is 19.4 Å². The highest BCUT2D eigenvalue weighted by Crippen LogP contribution is 2.15. The van der Waals surface area contributed by atoms with Crippen LogP contribution in [0.5, 0.6) is 0 Å². The van der Waals surface area contributed by atoms with Gasteiger partial charge in [0, 0.05) is 58.0 Å². The molecule has 0 unspecified atom stereocenters. The van der Waals surface area contributed by atoms with Crippen molar-refractivity contribution in [2.24, 2.45) is 5.92 Å². The average molecular weight is 488 g/mol. The van der Waals surface area contributed by atoms with E-state index in [-0.39, 0.29) is 17.9 Å². The summed E-state index contributed by atoms with van der Waals surface area (Å²) in [7, 11) is 0. The molecule has 2 aliphatic heterocycles. The normalized spacial score (nSPS) is 17.8. The fourth-order valence-electron chi connectivity index (χ4n) is 4.43. The Morgan fingerprint density at radius 1 is 0.886 bits per heavy atom. The van der Waals surface area contributed by atoms with Gasteiger partial charge in [-0.05, 0) is 30.4 Å². The molecule has 9 nitrogen and oxygen atoms in total. The summed E-state index contributed by atoms with van der Waals surface area (Å²) >= 11 is 0. The number of piperazine rings is 1. The number of nitrogens with one attached hydrogen (secondary N) is 1. The van der Waals surface area contributed by atoms with Crippen LogP contribution in [-0.4, -0.2) is 110 Å². The van der Waals surface area contributed by atoms with E-state index >= 15 is 0 Å². The summed E-state index contributed by atoms with van der Waals surface area (Å²) in [6, 6.07) is 7.87. The van der Waals surface area contributed by atoms with Crippen LogP contribution in [0.1, 0.15) is 32.8 Å². The lowest BCUT2D eigenvalue weighted by molar-refractivity contribution is -0.134. The molecule has 194 valence electrons. The fourth-order valence-corrected chi connectivity index (χ4v) is 4.43. The maximum Gasteiger partial charge on any atom is 0.409 e. The Morgan fingerprint density at radius 3 is 2.23 bits per heavy atom. The number of anilines is 1. The summed E-state index contributed by atoms with van der Waals surface area (Å²) in [4.78, 5) is 45.5. The molecule has 0 aliphatic carbocycles. The summed E-state index contributed by atoms with van der Waals surface area (Å²) < 4.78 is 5.35. The lowest BCUT2D eigenvalue weighted by Gasteiger charge is -2.35. The van der Waals surface area contributed by atoms with Gasteiger partial charge in [0.05, 0.1) is 19.7 Å². The molecule has 1 aromatic carbocycles. The molecular formula is C26H41N5O4. The molecular weight excluding hydrogens is 446 g/mol.